The Hall–Kier alpha value is -2.12. The molecule has 96 valence electrons. The van der Waals surface area contributed by atoms with Crippen LogP contribution in [0.2, 0.25) is 0 Å². The maximum atomic E-state index is 11.7. The van der Waals surface area contributed by atoms with E-state index in [1.807, 2.05) is 0 Å². The van der Waals surface area contributed by atoms with E-state index in [0.29, 0.717) is 5.69 Å². The number of aliphatic hydroxyl groups excluding tert-OH is 2. The third kappa shape index (κ3) is 2.27. The van der Waals surface area contributed by atoms with Gasteiger partial charge in [0.2, 0.25) is 0 Å². The lowest BCUT2D eigenvalue weighted by molar-refractivity contribution is 0.105. The Morgan fingerprint density at radius 1 is 1.22 bits per heavy atom. The molecule has 0 fully saturated rings. The molecule has 1 heterocycles. The van der Waals surface area contributed by atoms with Crippen LogP contribution in [0.5, 0.6) is 0 Å². The van der Waals surface area contributed by atoms with Gasteiger partial charge in [0.15, 0.2) is 0 Å². The van der Waals surface area contributed by atoms with Crippen molar-refractivity contribution in [3.05, 3.63) is 38.9 Å². The summed E-state index contributed by atoms with van der Waals surface area (Å²) in [6.45, 7) is -0.295. The average Bonchev–Trinajstić information content (AvgIpc) is 2.40. The zero-order chi connectivity index (χ0) is 13.1. The average molecular weight is 251 g/mol. The fourth-order valence-corrected chi connectivity index (χ4v) is 1.67. The van der Waals surface area contributed by atoms with Crippen LogP contribution in [0, 0.1) is 0 Å². The fourth-order valence-electron chi connectivity index (χ4n) is 1.67. The summed E-state index contributed by atoms with van der Waals surface area (Å²) in [6.07, 6.45) is -0.929. The summed E-state index contributed by atoms with van der Waals surface area (Å²) < 4.78 is 0. The van der Waals surface area contributed by atoms with Crippen LogP contribution in [0.15, 0.2) is 27.8 Å². The third-order valence-electron chi connectivity index (χ3n) is 2.56. The number of rotatable bonds is 4. The first-order valence-corrected chi connectivity index (χ1v) is 5.40. The Bertz CT molecular complexity index is 661. The number of hydrogen-bond donors (Lipinski definition) is 5. The molecule has 0 aliphatic heterocycles. The van der Waals surface area contributed by atoms with E-state index >= 15 is 0 Å². The van der Waals surface area contributed by atoms with Crippen LogP contribution < -0.4 is 16.4 Å². The zero-order valence-electron chi connectivity index (χ0n) is 9.43. The van der Waals surface area contributed by atoms with Gasteiger partial charge in [-0.2, -0.15) is 0 Å². The van der Waals surface area contributed by atoms with Crippen molar-refractivity contribution in [3.63, 3.8) is 0 Å². The van der Waals surface area contributed by atoms with Crippen LogP contribution in [0.4, 0.5) is 5.69 Å². The van der Waals surface area contributed by atoms with Gasteiger partial charge in [0.1, 0.15) is 0 Å². The summed E-state index contributed by atoms with van der Waals surface area (Å²) in [6, 6.07) is 4.79. The van der Waals surface area contributed by atoms with Crippen molar-refractivity contribution < 1.29 is 10.2 Å². The second kappa shape index (κ2) is 5.03. The highest BCUT2D eigenvalue weighted by atomic mass is 16.3. The molecule has 0 aliphatic rings. The molecule has 0 radical (unpaired) electrons. The number of H-pyrrole nitrogens is 2. The predicted molar refractivity (Wildman–Crippen MR) is 66.8 cm³/mol. The van der Waals surface area contributed by atoms with Crippen molar-refractivity contribution in [1.82, 2.24) is 10.2 Å². The van der Waals surface area contributed by atoms with Gasteiger partial charge in [0, 0.05) is 12.2 Å². The van der Waals surface area contributed by atoms with E-state index < -0.39 is 17.2 Å². The molecule has 7 nitrogen and oxygen atoms in total. The van der Waals surface area contributed by atoms with Crippen LogP contribution in [-0.2, 0) is 0 Å². The Kier molecular flexibility index (Phi) is 3.45. The van der Waals surface area contributed by atoms with Gasteiger partial charge in [-0.05, 0) is 12.1 Å². The van der Waals surface area contributed by atoms with Crippen molar-refractivity contribution in [2.24, 2.45) is 0 Å². The van der Waals surface area contributed by atoms with Gasteiger partial charge in [-0.1, -0.05) is 6.07 Å². The maximum Gasteiger partial charge on any atom is 0.272 e. The summed E-state index contributed by atoms with van der Waals surface area (Å²) in [4.78, 5) is 23.2. The van der Waals surface area contributed by atoms with Crippen LogP contribution in [-0.4, -0.2) is 39.7 Å². The molecule has 1 atom stereocenters. The van der Waals surface area contributed by atoms with Crippen LogP contribution in [0.3, 0.4) is 0 Å². The van der Waals surface area contributed by atoms with Crippen molar-refractivity contribution >= 4 is 16.5 Å². The van der Waals surface area contributed by atoms with Gasteiger partial charge in [-0.25, -0.2) is 0 Å². The van der Waals surface area contributed by atoms with Crippen molar-refractivity contribution in [1.29, 1.82) is 0 Å². The highest BCUT2D eigenvalue weighted by Crippen LogP contribution is 2.16. The molecule has 1 aromatic carbocycles. The molecule has 5 N–H and O–H groups in total. The van der Waals surface area contributed by atoms with E-state index in [9.17, 15) is 14.7 Å². The number of aromatic amines is 2. The molecule has 0 spiro atoms. The number of nitrogens with one attached hydrogen (secondary N) is 3. The Balaban J connectivity index is 2.48. The first kappa shape index (κ1) is 12.3. The van der Waals surface area contributed by atoms with Gasteiger partial charge in [-0.15, -0.1) is 0 Å². The topological polar surface area (TPSA) is 118 Å². The number of aliphatic hydroxyl groups is 2. The van der Waals surface area contributed by atoms with Crippen molar-refractivity contribution in [3.8, 4) is 0 Å². The highest BCUT2D eigenvalue weighted by molar-refractivity contribution is 5.92. The van der Waals surface area contributed by atoms with Crippen LogP contribution in [0.25, 0.3) is 10.8 Å². The molecule has 0 saturated carbocycles. The van der Waals surface area contributed by atoms with Crippen LogP contribution >= 0.6 is 0 Å². The molecule has 2 rings (SSSR count). The Morgan fingerprint density at radius 2 is 1.94 bits per heavy atom. The van der Waals surface area contributed by atoms with E-state index in [1.54, 1.807) is 12.1 Å². The third-order valence-corrected chi connectivity index (χ3v) is 2.56. The van der Waals surface area contributed by atoms with Gasteiger partial charge in [0.05, 0.1) is 23.5 Å². The van der Waals surface area contributed by atoms with E-state index in [4.69, 9.17) is 5.11 Å². The molecule has 2 aromatic rings. The number of aromatic nitrogens is 2. The second-order valence-corrected chi connectivity index (χ2v) is 3.85. The van der Waals surface area contributed by atoms with Gasteiger partial charge < -0.3 is 15.5 Å². The largest absolute Gasteiger partial charge is 0.394 e. The molecular formula is C11H13N3O4. The normalized spacial score (nSPS) is 12.6. The lowest BCUT2D eigenvalue weighted by Crippen LogP contribution is -2.25. The summed E-state index contributed by atoms with van der Waals surface area (Å²) in [7, 11) is 0. The number of hydrogen-bond acceptors (Lipinski definition) is 5. The minimum atomic E-state index is -0.929. The van der Waals surface area contributed by atoms with E-state index in [2.05, 4.69) is 15.5 Å². The zero-order valence-corrected chi connectivity index (χ0v) is 9.43. The van der Waals surface area contributed by atoms with Gasteiger partial charge >= 0.3 is 0 Å². The summed E-state index contributed by atoms with van der Waals surface area (Å²) in [5.74, 6) is 0. The number of benzene rings is 1. The Morgan fingerprint density at radius 3 is 2.67 bits per heavy atom. The summed E-state index contributed by atoms with van der Waals surface area (Å²) in [5, 5.41) is 25.8. The predicted octanol–water partition coefficient (Wildman–Crippen LogP) is -1.02. The molecule has 1 unspecified atom stereocenters. The van der Waals surface area contributed by atoms with Gasteiger partial charge in [0.25, 0.3) is 11.1 Å². The summed E-state index contributed by atoms with van der Waals surface area (Å²) >= 11 is 0. The van der Waals surface area contributed by atoms with E-state index in [-0.39, 0.29) is 23.9 Å². The number of fused-ring (bicyclic) bond motifs is 1. The quantitative estimate of drug-likeness (QED) is 0.476. The van der Waals surface area contributed by atoms with E-state index in [1.165, 1.54) is 6.07 Å². The van der Waals surface area contributed by atoms with E-state index in [0.717, 1.165) is 0 Å². The highest BCUT2D eigenvalue weighted by Gasteiger charge is 2.09. The second-order valence-electron chi connectivity index (χ2n) is 3.85. The minimum Gasteiger partial charge on any atom is -0.394 e. The molecule has 0 saturated heterocycles. The van der Waals surface area contributed by atoms with Crippen molar-refractivity contribution in [2.45, 2.75) is 6.10 Å². The molecule has 1 aromatic heterocycles. The molecule has 18 heavy (non-hydrogen) atoms. The maximum absolute atomic E-state index is 11.7. The first-order valence-electron chi connectivity index (χ1n) is 5.40. The van der Waals surface area contributed by atoms with Gasteiger partial charge in [-0.3, -0.25) is 19.8 Å². The van der Waals surface area contributed by atoms with Crippen LogP contribution in [0.1, 0.15) is 0 Å². The standard InChI is InChI=1S/C11H13N3O4/c15-5-6(16)4-12-8-3-1-2-7-9(8)11(18)14-13-10(7)17/h1-3,6,12,15-16H,4-5H2,(H,13,17)(H,14,18). The Labute approximate surface area is 101 Å². The smallest absolute Gasteiger partial charge is 0.272 e. The van der Waals surface area contributed by atoms with Crippen molar-refractivity contribution in [2.75, 3.05) is 18.5 Å². The molecule has 0 aliphatic carbocycles. The molecule has 7 heteroatoms. The molecule has 0 bridgehead atoms. The monoisotopic (exact) mass is 251 g/mol. The molecule has 0 amide bonds. The summed E-state index contributed by atoms with van der Waals surface area (Å²) in [5.41, 5.74) is -0.380. The molecular weight excluding hydrogens is 238 g/mol. The lowest BCUT2D eigenvalue weighted by atomic mass is 10.1. The first-order chi connectivity index (χ1) is 8.63. The number of anilines is 1. The SMILES string of the molecule is O=c1[nH][nH]c(=O)c2c(NCC(O)CO)cccc12. The lowest BCUT2D eigenvalue weighted by Gasteiger charge is -2.11. The fraction of sp³-hybridized carbons (Fsp3) is 0.273. The minimum absolute atomic E-state index is 0.0852.